The van der Waals surface area contributed by atoms with Crippen molar-refractivity contribution in [2.24, 2.45) is 0 Å². The van der Waals surface area contributed by atoms with Crippen LogP contribution in [0.4, 0.5) is 11.4 Å². The molecule has 0 saturated carbocycles. The number of aromatic nitrogens is 2. The zero-order chi connectivity index (χ0) is 16.0. The second kappa shape index (κ2) is 4.95. The Kier molecular flexibility index (Phi) is 3.02. The van der Waals surface area contributed by atoms with Gasteiger partial charge in [-0.1, -0.05) is 12.1 Å². The molecule has 7 nitrogen and oxygen atoms in total. The maximum Gasteiger partial charge on any atom is 0.264 e. The van der Waals surface area contributed by atoms with Crippen LogP contribution in [0.1, 0.15) is 11.1 Å². The highest BCUT2D eigenvalue weighted by Crippen LogP contribution is 2.32. The van der Waals surface area contributed by atoms with E-state index in [1.54, 1.807) is 25.1 Å². The molecule has 0 spiro atoms. The molecule has 0 amide bonds. The standard InChI is InChI=1S/C15H14N4O3S/c1-9-5-6-13-14(18-22-17-13)15(9)23(20,21)19-12-4-2-3-11-10(12)7-8-16-11/h2-6,16,19H,7-8H2,1H3. The van der Waals surface area contributed by atoms with Crippen molar-refractivity contribution in [1.82, 2.24) is 10.3 Å². The summed E-state index contributed by atoms with van der Waals surface area (Å²) in [4.78, 5) is 0.0970. The minimum atomic E-state index is -3.80. The van der Waals surface area contributed by atoms with Gasteiger partial charge in [0, 0.05) is 17.8 Å². The fourth-order valence-corrected chi connectivity index (χ4v) is 4.37. The predicted molar refractivity (Wildman–Crippen MR) is 86.0 cm³/mol. The molecule has 2 aromatic carbocycles. The first-order valence-electron chi connectivity index (χ1n) is 7.17. The Morgan fingerprint density at radius 2 is 2.09 bits per heavy atom. The monoisotopic (exact) mass is 330 g/mol. The maximum absolute atomic E-state index is 12.9. The molecule has 8 heteroatoms. The Balaban J connectivity index is 1.84. The van der Waals surface area contributed by atoms with E-state index >= 15 is 0 Å². The van der Waals surface area contributed by atoms with Crippen molar-refractivity contribution in [3.8, 4) is 0 Å². The van der Waals surface area contributed by atoms with Gasteiger partial charge in [0.2, 0.25) is 0 Å². The Morgan fingerprint density at radius 1 is 1.22 bits per heavy atom. The fourth-order valence-electron chi connectivity index (χ4n) is 2.90. The minimum absolute atomic E-state index is 0.0970. The van der Waals surface area contributed by atoms with Gasteiger partial charge in [0.1, 0.15) is 10.4 Å². The molecule has 3 aromatic rings. The van der Waals surface area contributed by atoms with Crippen molar-refractivity contribution in [1.29, 1.82) is 0 Å². The average Bonchev–Trinajstić information content (AvgIpc) is 3.14. The van der Waals surface area contributed by atoms with Crippen LogP contribution in [0.2, 0.25) is 0 Å². The van der Waals surface area contributed by atoms with Crippen molar-refractivity contribution in [2.45, 2.75) is 18.2 Å². The fraction of sp³-hybridized carbons (Fsp3) is 0.200. The van der Waals surface area contributed by atoms with Crippen molar-refractivity contribution in [3.63, 3.8) is 0 Å². The molecule has 0 atom stereocenters. The van der Waals surface area contributed by atoms with Crippen molar-refractivity contribution in [2.75, 3.05) is 16.6 Å². The van der Waals surface area contributed by atoms with Crippen molar-refractivity contribution < 1.29 is 13.0 Å². The van der Waals surface area contributed by atoms with E-state index in [1.165, 1.54) is 0 Å². The number of sulfonamides is 1. The summed E-state index contributed by atoms with van der Waals surface area (Å²) in [5.74, 6) is 0. The Labute approximate surface area is 132 Å². The number of hydrogen-bond donors (Lipinski definition) is 2. The minimum Gasteiger partial charge on any atom is -0.384 e. The van der Waals surface area contributed by atoms with Crippen LogP contribution in [0.15, 0.2) is 39.9 Å². The summed E-state index contributed by atoms with van der Waals surface area (Å²) in [6, 6.07) is 8.90. The molecular weight excluding hydrogens is 316 g/mol. The first kappa shape index (κ1) is 14.0. The Morgan fingerprint density at radius 3 is 2.96 bits per heavy atom. The molecule has 0 unspecified atom stereocenters. The molecule has 2 N–H and O–H groups in total. The number of aryl methyl sites for hydroxylation is 1. The molecule has 118 valence electrons. The molecule has 1 aliphatic heterocycles. The van der Waals surface area contributed by atoms with E-state index in [4.69, 9.17) is 0 Å². The van der Waals surface area contributed by atoms with E-state index in [0.29, 0.717) is 16.8 Å². The lowest BCUT2D eigenvalue weighted by Crippen LogP contribution is -2.16. The van der Waals surface area contributed by atoms with Crippen LogP contribution in [-0.2, 0) is 16.4 Å². The van der Waals surface area contributed by atoms with Crippen LogP contribution >= 0.6 is 0 Å². The largest absolute Gasteiger partial charge is 0.384 e. The lowest BCUT2D eigenvalue weighted by atomic mass is 10.1. The summed E-state index contributed by atoms with van der Waals surface area (Å²) in [5.41, 5.74) is 3.76. The van der Waals surface area contributed by atoms with Gasteiger partial charge in [-0.05, 0) is 47.4 Å². The SMILES string of the molecule is Cc1ccc2nonc2c1S(=O)(=O)Nc1cccc2c1CCN2. The first-order chi connectivity index (χ1) is 11.1. The number of benzene rings is 2. The molecule has 0 radical (unpaired) electrons. The van der Waals surface area contributed by atoms with E-state index in [-0.39, 0.29) is 10.4 Å². The van der Waals surface area contributed by atoms with Gasteiger partial charge < -0.3 is 5.32 Å². The number of fused-ring (bicyclic) bond motifs is 2. The summed E-state index contributed by atoms with van der Waals surface area (Å²) in [5, 5.41) is 10.7. The number of hydrogen-bond acceptors (Lipinski definition) is 6. The molecule has 0 bridgehead atoms. The number of nitrogens with one attached hydrogen (secondary N) is 2. The molecule has 1 aliphatic rings. The van der Waals surface area contributed by atoms with Crippen molar-refractivity contribution >= 4 is 32.4 Å². The molecule has 0 saturated heterocycles. The van der Waals surface area contributed by atoms with Gasteiger partial charge in [0.25, 0.3) is 10.0 Å². The average molecular weight is 330 g/mol. The summed E-state index contributed by atoms with van der Waals surface area (Å²) in [6.45, 7) is 2.52. The highest BCUT2D eigenvalue weighted by molar-refractivity contribution is 7.93. The third kappa shape index (κ3) is 2.22. The van der Waals surface area contributed by atoms with E-state index < -0.39 is 10.0 Å². The number of nitrogens with zero attached hydrogens (tertiary/aromatic N) is 2. The van der Waals surface area contributed by atoms with Crippen LogP contribution in [0.5, 0.6) is 0 Å². The Hall–Kier alpha value is -2.61. The van der Waals surface area contributed by atoms with Crippen LogP contribution in [0.25, 0.3) is 11.0 Å². The number of rotatable bonds is 3. The van der Waals surface area contributed by atoms with Crippen LogP contribution in [0, 0.1) is 6.92 Å². The smallest absolute Gasteiger partial charge is 0.264 e. The first-order valence-corrected chi connectivity index (χ1v) is 8.65. The third-order valence-corrected chi connectivity index (χ3v) is 5.50. The summed E-state index contributed by atoms with van der Waals surface area (Å²) in [7, 11) is -3.80. The molecule has 0 aliphatic carbocycles. The lowest BCUT2D eigenvalue weighted by Gasteiger charge is -2.13. The van der Waals surface area contributed by atoms with Gasteiger partial charge in [-0.3, -0.25) is 4.72 Å². The number of anilines is 2. The van der Waals surface area contributed by atoms with Crippen molar-refractivity contribution in [3.05, 3.63) is 41.5 Å². The zero-order valence-electron chi connectivity index (χ0n) is 12.3. The van der Waals surface area contributed by atoms with E-state index in [9.17, 15) is 8.42 Å². The zero-order valence-corrected chi connectivity index (χ0v) is 13.1. The van der Waals surface area contributed by atoms with Gasteiger partial charge in [-0.2, -0.15) is 0 Å². The van der Waals surface area contributed by atoms with Gasteiger partial charge in [0.05, 0.1) is 5.69 Å². The Bertz CT molecular complexity index is 1010. The highest BCUT2D eigenvalue weighted by atomic mass is 32.2. The third-order valence-electron chi connectivity index (χ3n) is 3.96. The molecule has 0 fully saturated rings. The summed E-state index contributed by atoms with van der Waals surface area (Å²) < 4.78 is 33.1. The molecule has 4 rings (SSSR count). The second-order valence-electron chi connectivity index (χ2n) is 5.46. The summed E-state index contributed by atoms with van der Waals surface area (Å²) in [6.07, 6.45) is 0.780. The second-order valence-corrected chi connectivity index (χ2v) is 7.08. The van der Waals surface area contributed by atoms with Crippen LogP contribution in [-0.4, -0.2) is 25.3 Å². The van der Waals surface area contributed by atoms with E-state index in [2.05, 4.69) is 25.0 Å². The molecule has 23 heavy (non-hydrogen) atoms. The van der Waals surface area contributed by atoms with E-state index in [0.717, 1.165) is 24.2 Å². The van der Waals surface area contributed by atoms with Crippen LogP contribution < -0.4 is 10.0 Å². The summed E-state index contributed by atoms with van der Waals surface area (Å²) >= 11 is 0. The lowest BCUT2D eigenvalue weighted by molar-refractivity contribution is 0.315. The van der Waals surface area contributed by atoms with Gasteiger partial charge in [-0.25, -0.2) is 13.0 Å². The van der Waals surface area contributed by atoms with E-state index in [1.807, 2.05) is 12.1 Å². The van der Waals surface area contributed by atoms with Gasteiger partial charge in [-0.15, -0.1) is 0 Å². The maximum atomic E-state index is 12.9. The molecular formula is C15H14N4O3S. The van der Waals surface area contributed by atoms with Gasteiger partial charge >= 0.3 is 0 Å². The molecule has 1 aromatic heterocycles. The normalized spacial score (nSPS) is 13.8. The topological polar surface area (TPSA) is 97.1 Å². The molecule has 2 heterocycles. The quantitative estimate of drug-likeness (QED) is 0.765. The predicted octanol–water partition coefficient (Wildman–Crippen LogP) is 2.30. The highest BCUT2D eigenvalue weighted by Gasteiger charge is 2.25. The van der Waals surface area contributed by atoms with Crippen LogP contribution in [0.3, 0.4) is 0 Å². The van der Waals surface area contributed by atoms with Gasteiger partial charge in [0.15, 0.2) is 5.52 Å².